The molecule has 3 aromatic rings. The first-order valence-electron chi connectivity index (χ1n) is 8.65. The van der Waals surface area contributed by atoms with Gasteiger partial charge in [0.15, 0.2) is 0 Å². The number of nitrogens with zero attached hydrogens (tertiary/aromatic N) is 4. The van der Waals surface area contributed by atoms with Gasteiger partial charge < -0.3 is 10.6 Å². The van der Waals surface area contributed by atoms with E-state index in [-0.39, 0.29) is 5.91 Å². The molecule has 0 radical (unpaired) electrons. The number of aryl methyl sites for hydroxylation is 3. The predicted molar refractivity (Wildman–Crippen MR) is 105 cm³/mol. The molecule has 0 spiro atoms. The lowest BCUT2D eigenvalue weighted by atomic mass is 10.0. The van der Waals surface area contributed by atoms with E-state index in [1.807, 2.05) is 46.0 Å². The van der Waals surface area contributed by atoms with Crippen molar-refractivity contribution in [2.24, 2.45) is 7.05 Å². The first-order valence-corrected chi connectivity index (χ1v) is 8.65. The van der Waals surface area contributed by atoms with Crippen molar-refractivity contribution in [3.05, 3.63) is 59.3 Å². The molecular formula is C20H20N6O. The van der Waals surface area contributed by atoms with Crippen LogP contribution in [0.4, 0.5) is 11.5 Å². The molecule has 1 aliphatic heterocycles. The van der Waals surface area contributed by atoms with Crippen LogP contribution in [0.25, 0.3) is 16.8 Å². The van der Waals surface area contributed by atoms with E-state index in [0.29, 0.717) is 11.3 Å². The molecule has 7 heteroatoms. The first-order chi connectivity index (χ1) is 12.9. The van der Waals surface area contributed by atoms with Crippen LogP contribution >= 0.6 is 0 Å². The van der Waals surface area contributed by atoms with Gasteiger partial charge in [-0.15, -0.1) is 0 Å². The van der Waals surface area contributed by atoms with Crippen LogP contribution in [-0.2, 0) is 11.8 Å². The Labute approximate surface area is 157 Å². The normalized spacial score (nSPS) is 14.7. The molecular weight excluding hydrogens is 340 g/mol. The van der Waals surface area contributed by atoms with Crippen molar-refractivity contribution in [2.45, 2.75) is 20.8 Å². The summed E-state index contributed by atoms with van der Waals surface area (Å²) in [4.78, 5) is 21.3. The van der Waals surface area contributed by atoms with E-state index < -0.39 is 0 Å². The van der Waals surface area contributed by atoms with Crippen LogP contribution in [-0.4, -0.2) is 25.7 Å². The van der Waals surface area contributed by atoms with E-state index in [0.717, 1.165) is 39.6 Å². The Morgan fingerprint density at radius 3 is 2.70 bits per heavy atom. The smallest absolute Gasteiger partial charge is 0.258 e. The minimum Gasteiger partial charge on any atom is -0.343 e. The van der Waals surface area contributed by atoms with E-state index in [1.54, 1.807) is 23.3 Å². The summed E-state index contributed by atoms with van der Waals surface area (Å²) in [5, 5.41) is 10.5. The van der Waals surface area contributed by atoms with Crippen molar-refractivity contribution in [2.75, 3.05) is 10.6 Å². The highest BCUT2D eigenvalue weighted by atomic mass is 16.2. The van der Waals surface area contributed by atoms with Crippen molar-refractivity contribution >= 4 is 23.0 Å². The summed E-state index contributed by atoms with van der Waals surface area (Å²) in [5.74, 6) is 0.687. The van der Waals surface area contributed by atoms with E-state index in [9.17, 15) is 4.79 Å². The number of hydrogen-bond acceptors (Lipinski definition) is 5. The number of carbonyl (C=O) groups excluding carboxylic acids is 1. The molecule has 4 rings (SSSR count). The average Bonchev–Trinajstić information content (AvgIpc) is 3.12. The highest BCUT2D eigenvalue weighted by molar-refractivity contribution is 6.32. The number of anilines is 2. The van der Waals surface area contributed by atoms with Crippen LogP contribution < -0.4 is 10.6 Å². The van der Waals surface area contributed by atoms with Crippen molar-refractivity contribution in [3.63, 3.8) is 0 Å². The number of aromatic nitrogens is 4. The third kappa shape index (κ3) is 2.97. The topological polar surface area (TPSA) is 84.7 Å². The minimum absolute atomic E-state index is 0.143. The number of amides is 1. The van der Waals surface area contributed by atoms with Crippen LogP contribution in [0, 0.1) is 13.8 Å². The van der Waals surface area contributed by atoms with Crippen LogP contribution in [0.2, 0.25) is 0 Å². The highest BCUT2D eigenvalue weighted by Gasteiger charge is 2.27. The van der Waals surface area contributed by atoms with E-state index >= 15 is 0 Å². The Morgan fingerprint density at radius 1 is 1.19 bits per heavy atom. The molecule has 0 saturated carbocycles. The second-order valence-electron chi connectivity index (χ2n) is 6.68. The molecule has 0 bridgehead atoms. The van der Waals surface area contributed by atoms with Gasteiger partial charge in [-0.05, 0) is 38.5 Å². The zero-order valence-electron chi connectivity index (χ0n) is 15.7. The number of hydrogen-bond donors (Lipinski definition) is 2. The predicted octanol–water partition coefficient (Wildman–Crippen LogP) is 3.29. The third-order valence-electron chi connectivity index (χ3n) is 4.66. The van der Waals surface area contributed by atoms with Gasteiger partial charge in [-0.2, -0.15) is 5.10 Å². The molecule has 27 heavy (non-hydrogen) atoms. The molecule has 1 amide bonds. The molecule has 4 heterocycles. The van der Waals surface area contributed by atoms with Gasteiger partial charge in [-0.3, -0.25) is 19.4 Å². The van der Waals surface area contributed by atoms with E-state index in [4.69, 9.17) is 0 Å². The Bertz CT molecular complexity index is 1100. The van der Waals surface area contributed by atoms with Gasteiger partial charge >= 0.3 is 0 Å². The maximum atomic E-state index is 12.6. The van der Waals surface area contributed by atoms with Gasteiger partial charge in [-0.25, -0.2) is 0 Å². The summed E-state index contributed by atoms with van der Waals surface area (Å²) in [5.41, 5.74) is 6.64. The van der Waals surface area contributed by atoms with Gasteiger partial charge in [0, 0.05) is 42.3 Å². The summed E-state index contributed by atoms with van der Waals surface area (Å²) in [6, 6.07) is 5.82. The zero-order chi connectivity index (χ0) is 19.1. The van der Waals surface area contributed by atoms with Crippen LogP contribution in [0.15, 0.2) is 42.5 Å². The van der Waals surface area contributed by atoms with Gasteiger partial charge in [0.25, 0.3) is 5.91 Å². The Hall–Kier alpha value is -3.48. The third-order valence-corrected chi connectivity index (χ3v) is 4.66. The largest absolute Gasteiger partial charge is 0.343 e. The molecule has 0 unspecified atom stereocenters. The fourth-order valence-electron chi connectivity index (χ4n) is 3.30. The lowest BCUT2D eigenvalue weighted by Crippen LogP contribution is -2.10. The lowest BCUT2D eigenvalue weighted by Gasteiger charge is -2.10. The average molecular weight is 360 g/mol. The summed E-state index contributed by atoms with van der Waals surface area (Å²) < 4.78 is 1.75. The number of pyridine rings is 2. The summed E-state index contributed by atoms with van der Waals surface area (Å²) in [6.45, 7) is 5.84. The maximum absolute atomic E-state index is 12.6. The Kier molecular flexibility index (Phi) is 3.99. The first kappa shape index (κ1) is 17.0. The summed E-state index contributed by atoms with van der Waals surface area (Å²) >= 11 is 0. The van der Waals surface area contributed by atoms with Gasteiger partial charge in [-0.1, -0.05) is 0 Å². The molecule has 3 aromatic heterocycles. The van der Waals surface area contributed by atoms with Gasteiger partial charge in [0.2, 0.25) is 0 Å². The Morgan fingerprint density at radius 2 is 2.00 bits per heavy atom. The molecule has 136 valence electrons. The molecule has 0 fully saturated rings. The second kappa shape index (κ2) is 6.35. The minimum atomic E-state index is -0.143. The zero-order valence-corrected chi connectivity index (χ0v) is 15.7. The van der Waals surface area contributed by atoms with E-state index in [1.165, 1.54) is 0 Å². The Balaban J connectivity index is 1.79. The summed E-state index contributed by atoms with van der Waals surface area (Å²) in [6.07, 6.45) is 5.25. The molecule has 0 atom stereocenters. The molecule has 1 aliphatic rings. The van der Waals surface area contributed by atoms with Crippen molar-refractivity contribution in [1.29, 1.82) is 0 Å². The number of allylic oxidation sites excluding steroid dienone is 1. The van der Waals surface area contributed by atoms with Crippen LogP contribution in [0.5, 0.6) is 0 Å². The molecule has 0 aromatic carbocycles. The monoisotopic (exact) mass is 360 g/mol. The molecule has 0 aliphatic carbocycles. The number of fused-ring (bicyclic) bond motifs is 1. The lowest BCUT2D eigenvalue weighted by molar-refractivity contribution is -0.110. The fourth-order valence-corrected chi connectivity index (χ4v) is 3.30. The van der Waals surface area contributed by atoms with Gasteiger partial charge in [0.1, 0.15) is 5.82 Å². The molecule has 7 nitrogen and oxygen atoms in total. The van der Waals surface area contributed by atoms with E-state index in [2.05, 4.69) is 25.7 Å². The standard InChI is InChI=1S/C20H20N6O/c1-11-5-6-21-9-15(11)16-8-14-17(10-22-16)24-20(27)19(14)13(3)23-18-7-12(2)25-26(18)4/h5-10,23H,1-4H3,(H,24,27)/b19-13-. The number of nitrogens with one attached hydrogen (secondary N) is 2. The fraction of sp³-hybridized carbons (Fsp3) is 0.200. The van der Waals surface area contributed by atoms with Gasteiger partial charge in [0.05, 0.1) is 28.8 Å². The SMILES string of the molecule is C/C(Nc1cc(C)nn1C)=C1/C(=O)Nc2cnc(-c3cnccc3C)cc21. The maximum Gasteiger partial charge on any atom is 0.258 e. The quantitative estimate of drug-likeness (QED) is 0.700. The summed E-state index contributed by atoms with van der Waals surface area (Å²) in [7, 11) is 1.86. The van der Waals surface area contributed by atoms with Crippen molar-refractivity contribution in [3.8, 4) is 11.3 Å². The molecule has 0 saturated heterocycles. The molecule has 2 N–H and O–H groups in total. The number of carbonyl (C=O) groups is 1. The number of rotatable bonds is 3. The second-order valence-corrected chi connectivity index (χ2v) is 6.68. The van der Waals surface area contributed by atoms with Crippen molar-refractivity contribution in [1.82, 2.24) is 19.7 Å². The van der Waals surface area contributed by atoms with Crippen LogP contribution in [0.1, 0.15) is 23.7 Å². The van der Waals surface area contributed by atoms with Crippen molar-refractivity contribution < 1.29 is 4.79 Å². The van der Waals surface area contributed by atoms with Crippen LogP contribution in [0.3, 0.4) is 0 Å². The highest BCUT2D eigenvalue weighted by Crippen LogP contribution is 2.36.